The zero-order valence-corrected chi connectivity index (χ0v) is 12.4. The van der Waals surface area contributed by atoms with E-state index in [1.807, 2.05) is 0 Å². The molecule has 1 aliphatic rings. The van der Waals surface area contributed by atoms with Crippen molar-refractivity contribution >= 4 is 0 Å². The molecule has 1 fully saturated rings. The zero-order chi connectivity index (χ0) is 13.6. The summed E-state index contributed by atoms with van der Waals surface area (Å²) in [4.78, 5) is 0. The maximum absolute atomic E-state index is 13.4. The summed E-state index contributed by atoms with van der Waals surface area (Å²) in [5.41, 5.74) is -0.751. The van der Waals surface area contributed by atoms with Crippen molar-refractivity contribution in [3.8, 4) is 0 Å². The number of unbranched alkanes of at least 4 members (excludes halogenated alkanes) is 4. The van der Waals surface area contributed by atoms with Crippen molar-refractivity contribution in [1.82, 2.24) is 0 Å². The Bertz CT molecular complexity index is 233. The van der Waals surface area contributed by atoms with Gasteiger partial charge in [-0.3, -0.25) is 0 Å². The van der Waals surface area contributed by atoms with Gasteiger partial charge in [0.05, 0.1) is 0 Å². The van der Waals surface area contributed by atoms with E-state index in [4.69, 9.17) is 0 Å². The molecule has 18 heavy (non-hydrogen) atoms. The molecule has 108 valence electrons. The average Bonchev–Trinajstić information content (AvgIpc) is 3.14. The molecule has 1 atom stereocenters. The molecule has 0 bridgehead atoms. The second-order valence-electron chi connectivity index (χ2n) is 6.43. The lowest BCUT2D eigenvalue weighted by atomic mass is 9.67. The summed E-state index contributed by atoms with van der Waals surface area (Å²) in [7, 11) is 0. The maximum Gasteiger partial charge on any atom is 0.244 e. The van der Waals surface area contributed by atoms with E-state index in [2.05, 4.69) is 20.8 Å². The van der Waals surface area contributed by atoms with Crippen LogP contribution in [0.3, 0.4) is 0 Å². The van der Waals surface area contributed by atoms with Crippen LogP contribution in [0.2, 0.25) is 0 Å². The topological polar surface area (TPSA) is 0 Å². The third-order valence-electron chi connectivity index (χ3n) is 5.07. The number of hydrogen-bond donors (Lipinski definition) is 0. The zero-order valence-electron chi connectivity index (χ0n) is 12.4. The fourth-order valence-electron chi connectivity index (χ4n) is 3.35. The summed E-state index contributed by atoms with van der Waals surface area (Å²) in [5.74, 6) is 0. The number of hydrogen-bond acceptors (Lipinski definition) is 0. The second kappa shape index (κ2) is 6.86. The molecule has 0 nitrogen and oxygen atoms in total. The van der Waals surface area contributed by atoms with Gasteiger partial charge in [-0.25, -0.2) is 8.78 Å². The van der Waals surface area contributed by atoms with E-state index in [-0.39, 0.29) is 5.41 Å². The Labute approximate surface area is 112 Å². The summed E-state index contributed by atoms with van der Waals surface area (Å²) >= 11 is 0. The minimum absolute atomic E-state index is 0.120. The van der Waals surface area contributed by atoms with Gasteiger partial charge < -0.3 is 0 Å². The number of rotatable bonds is 10. The molecule has 0 aromatic heterocycles. The van der Waals surface area contributed by atoms with Gasteiger partial charge in [0.15, 0.2) is 0 Å². The highest BCUT2D eigenvalue weighted by Crippen LogP contribution is 2.65. The van der Waals surface area contributed by atoms with Crippen LogP contribution in [0.1, 0.15) is 85.0 Å². The number of halogens is 2. The minimum atomic E-state index is -2.12. The molecule has 0 heterocycles. The fourth-order valence-corrected chi connectivity index (χ4v) is 3.35. The molecule has 2 heteroatoms. The summed E-state index contributed by atoms with van der Waals surface area (Å²) in [6.07, 6.45) is 8.36. The predicted octanol–water partition coefficient (Wildman–Crippen LogP) is 6.20. The minimum Gasteiger partial charge on any atom is -0.210 e. The van der Waals surface area contributed by atoms with Crippen LogP contribution in [0.4, 0.5) is 8.78 Å². The van der Waals surface area contributed by atoms with Crippen LogP contribution in [0.25, 0.3) is 0 Å². The van der Waals surface area contributed by atoms with Gasteiger partial charge in [0.2, 0.25) is 6.43 Å². The lowest BCUT2D eigenvalue weighted by Crippen LogP contribution is -2.34. The molecule has 0 amide bonds. The highest BCUT2D eigenvalue weighted by Gasteiger charge is 2.61. The molecule has 0 spiro atoms. The van der Waals surface area contributed by atoms with Crippen molar-refractivity contribution in [1.29, 1.82) is 0 Å². The van der Waals surface area contributed by atoms with Crippen LogP contribution in [0, 0.1) is 10.8 Å². The van der Waals surface area contributed by atoms with Crippen LogP contribution < -0.4 is 0 Å². The predicted molar refractivity (Wildman–Crippen MR) is 74.1 cm³/mol. The van der Waals surface area contributed by atoms with E-state index in [0.29, 0.717) is 0 Å². The Morgan fingerprint density at radius 3 is 1.94 bits per heavy atom. The normalized spacial score (nSPS) is 21.0. The summed E-state index contributed by atoms with van der Waals surface area (Å²) in [6, 6.07) is 0. The molecule has 0 radical (unpaired) electrons. The number of alkyl halides is 2. The molecule has 1 rings (SSSR count). The molecule has 0 saturated heterocycles. The van der Waals surface area contributed by atoms with Gasteiger partial charge in [0.25, 0.3) is 0 Å². The Balaban J connectivity index is 2.58. The van der Waals surface area contributed by atoms with Crippen LogP contribution in [-0.4, -0.2) is 6.43 Å². The molecule has 1 saturated carbocycles. The van der Waals surface area contributed by atoms with Gasteiger partial charge in [0, 0.05) is 5.41 Å². The smallest absolute Gasteiger partial charge is 0.210 e. The third-order valence-corrected chi connectivity index (χ3v) is 5.07. The highest BCUT2D eigenvalue weighted by molar-refractivity contribution is 5.06. The van der Waals surface area contributed by atoms with Gasteiger partial charge in [0.1, 0.15) is 0 Å². The van der Waals surface area contributed by atoms with Crippen molar-refractivity contribution in [3.63, 3.8) is 0 Å². The van der Waals surface area contributed by atoms with E-state index < -0.39 is 11.8 Å². The first kappa shape index (κ1) is 15.9. The van der Waals surface area contributed by atoms with E-state index in [1.165, 1.54) is 19.3 Å². The Hall–Kier alpha value is -0.140. The van der Waals surface area contributed by atoms with Crippen molar-refractivity contribution < 1.29 is 8.78 Å². The fraction of sp³-hybridized carbons (Fsp3) is 1.00. The lowest BCUT2D eigenvalue weighted by Gasteiger charge is -2.38. The van der Waals surface area contributed by atoms with Crippen LogP contribution >= 0.6 is 0 Å². The quantitative estimate of drug-likeness (QED) is 0.410. The first-order valence-electron chi connectivity index (χ1n) is 7.80. The van der Waals surface area contributed by atoms with E-state index in [9.17, 15) is 8.78 Å². The van der Waals surface area contributed by atoms with Crippen molar-refractivity contribution in [2.24, 2.45) is 10.8 Å². The summed E-state index contributed by atoms with van der Waals surface area (Å²) in [5, 5.41) is 0. The third kappa shape index (κ3) is 3.45. The largest absolute Gasteiger partial charge is 0.244 e. The SMILES string of the molecule is CCCCCCC(C)(CCCC)C1(C(F)F)CC1. The van der Waals surface area contributed by atoms with Gasteiger partial charge in [-0.2, -0.15) is 0 Å². The van der Waals surface area contributed by atoms with Gasteiger partial charge in [-0.05, 0) is 31.1 Å². The van der Waals surface area contributed by atoms with E-state index in [0.717, 1.165) is 44.9 Å². The van der Waals surface area contributed by atoms with Crippen LogP contribution in [-0.2, 0) is 0 Å². The highest BCUT2D eigenvalue weighted by atomic mass is 19.3. The van der Waals surface area contributed by atoms with E-state index >= 15 is 0 Å². The van der Waals surface area contributed by atoms with Crippen LogP contribution in [0.15, 0.2) is 0 Å². The monoisotopic (exact) mass is 260 g/mol. The van der Waals surface area contributed by atoms with Gasteiger partial charge in [-0.1, -0.05) is 59.3 Å². The van der Waals surface area contributed by atoms with E-state index in [1.54, 1.807) is 0 Å². The van der Waals surface area contributed by atoms with Gasteiger partial charge in [-0.15, -0.1) is 0 Å². The molecule has 1 aliphatic carbocycles. The molecular weight excluding hydrogens is 230 g/mol. The van der Waals surface area contributed by atoms with Crippen molar-refractivity contribution in [3.05, 3.63) is 0 Å². The Kier molecular flexibility index (Phi) is 6.07. The van der Waals surface area contributed by atoms with Crippen molar-refractivity contribution in [2.45, 2.75) is 91.4 Å². The maximum atomic E-state index is 13.4. The first-order chi connectivity index (χ1) is 8.52. The Morgan fingerprint density at radius 2 is 1.50 bits per heavy atom. The second-order valence-corrected chi connectivity index (χ2v) is 6.43. The van der Waals surface area contributed by atoms with Crippen molar-refractivity contribution in [2.75, 3.05) is 0 Å². The molecule has 1 unspecified atom stereocenters. The summed E-state index contributed by atoms with van der Waals surface area (Å²) in [6.45, 7) is 6.48. The first-order valence-corrected chi connectivity index (χ1v) is 7.80. The molecule has 0 aromatic carbocycles. The van der Waals surface area contributed by atoms with Crippen LogP contribution in [0.5, 0.6) is 0 Å². The average molecular weight is 260 g/mol. The molecular formula is C16H30F2. The molecule has 0 aliphatic heterocycles. The molecule has 0 aromatic rings. The molecule has 0 N–H and O–H groups in total. The van der Waals surface area contributed by atoms with Gasteiger partial charge >= 0.3 is 0 Å². The Morgan fingerprint density at radius 1 is 0.944 bits per heavy atom. The summed E-state index contributed by atoms with van der Waals surface area (Å²) < 4.78 is 26.7. The lowest BCUT2D eigenvalue weighted by molar-refractivity contribution is -0.0317. The standard InChI is InChI=1S/C16H30F2/c1-4-6-8-9-11-15(3,10-7-5-2)16(12-13-16)14(17)18/h14H,4-13H2,1-3H3.